The molecule has 1 heterocycles. The van der Waals surface area contributed by atoms with Crippen LogP contribution in [0.25, 0.3) is 0 Å². The lowest BCUT2D eigenvalue weighted by molar-refractivity contribution is -0.186. The Morgan fingerprint density at radius 3 is 2.34 bits per heavy atom. The van der Waals surface area contributed by atoms with Crippen LogP contribution in [0.2, 0.25) is 5.02 Å². The zero-order valence-electron chi connectivity index (χ0n) is 18.3. The van der Waals surface area contributed by atoms with E-state index in [-0.39, 0.29) is 47.9 Å². The molecule has 1 saturated heterocycles. The summed E-state index contributed by atoms with van der Waals surface area (Å²) in [4.78, 5) is 37.3. The van der Waals surface area contributed by atoms with E-state index < -0.39 is 24.0 Å². The number of benzene rings is 1. The molecule has 0 aromatic heterocycles. The number of alkyl halides is 3. The molecular weight excluding hydrogens is 449 g/mol. The summed E-state index contributed by atoms with van der Waals surface area (Å²) >= 11 is 6.19. The Balaban J connectivity index is 2.01. The van der Waals surface area contributed by atoms with Gasteiger partial charge in [0.05, 0.1) is 17.2 Å². The van der Waals surface area contributed by atoms with Gasteiger partial charge < -0.3 is 15.0 Å². The summed E-state index contributed by atoms with van der Waals surface area (Å²) in [6.07, 6.45) is -3.81. The second-order valence-electron chi connectivity index (χ2n) is 8.13. The summed E-state index contributed by atoms with van der Waals surface area (Å²) in [7, 11) is 0. The van der Waals surface area contributed by atoms with Crippen molar-refractivity contribution in [2.24, 2.45) is 5.92 Å². The molecule has 1 aromatic carbocycles. The highest BCUT2D eigenvalue weighted by atomic mass is 35.5. The Morgan fingerprint density at radius 2 is 1.84 bits per heavy atom. The Hall–Kier alpha value is -2.29. The molecule has 1 unspecified atom stereocenters. The first kappa shape index (κ1) is 26.0. The highest BCUT2D eigenvalue weighted by Gasteiger charge is 2.43. The van der Waals surface area contributed by atoms with Gasteiger partial charge in [0, 0.05) is 25.1 Å². The normalized spacial score (nSPS) is 16.1. The molecule has 1 aromatic rings. The largest absolute Gasteiger partial charge is 0.489 e. The van der Waals surface area contributed by atoms with Gasteiger partial charge in [-0.25, -0.2) is 0 Å². The van der Waals surface area contributed by atoms with Crippen molar-refractivity contribution in [3.05, 3.63) is 28.8 Å². The van der Waals surface area contributed by atoms with Crippen LogP contribution >= 0.6 is 11.6 Å². The number of amides is 2. The van der Waals surface area contributed by atoms with E-state index in [1.54, 1.807) is 19.1 Å². The van der Waals surface area contributed by atoms with Crippen LogP contribution in [0, 0.1) is 5.92 Å². The quantitative estimate of drug-likeness (QED) is 0.603. The Morgan fingerprint density at radius 1 is 1.22 bits per heavy atom. The summed E-state index contributed by atoms with van der Waals surface area (Å²) in [5, 5.41) is 3.00. The zero-order valence-corrected chi connectivity index (χ0v) is 19.1. The second kappa shape index (κ2) is 11.0. The summed E-state index contributed by atoms with van der Waals surface area (Å²) in [5.41, 5.74) is 0.269. The highest BCUT2D eigenvalue weighted by molar-refractivity contribution is 6.32. The number of halogens is 4. The fraction of sp³-hybridized carbons (Fsp3) is 0.591. The lowest BCUT2D eigenvalue weighted by atomic mass is 9.88. The summed E-state index contributed by atoms with van der Waals surface area (Å²) in [6.45, 7) is 5.32. The van der Waals surface area contributed by atoms with Crippen LogP contribution in [0.4, 0.5) is 13.2 Å². The van der Waals surface area contributed by atoms with Gasteiger partial charge in [0.2, 0.25) is 0 Å². The Labute approximate surface area is 190 Å². The predicted molar refractivity (Wildman–Crippen MR) is 114 cm³/mol. The standard InChI is InChI=1S/C22H28ClF3N2O4/c1-4-18(29)17(11-14-7-9-28(10-8-14)21(31)22(24,25)26)27-20(30)15-5-6-19(16(23)12-15)32-13(2)3/h5-6,12-14,17H,4,7-11H2,1-3H3,(H,27,30). The third-order valence-corrected chi connectivity index (χ3v) is 5.61. The van der Waals surface area contributed by atoms with E-state index >= 15 is 0 Å². The molecule has 0 radical (unpaired) electrons. The third kappa shape index (κ3) is 7.12. The average Bonchev–Trinajstić information content (AvgIpc) is 2.73. The molecule has 1 aliphatic rings. The van der Waals surface area contributed by atoms with Crippen molar-refractivity contribution >= 4 is 29.2 Å². The number of carbonyl (C=O) groups excluding carboxylic acids is 3. The topological polar surface area (TPSA) is 75.7 Å². The maximum Gasteiger partial charge on any atom is 0.471 e. The van der Waals surface area contributed by atoms with Crippen LogP contribution in [-0.4, -0.2) is 53.9 Å². The van der Waals surface area contributed by atoms with Crippen LogP contribution < -0.4 is 10.1 Å². The number of carbonyl (C=O) groups is 3. The van der Waals surface area contributed by atoms with Crippen molar-refractivity contribution in [3.8, 4) is 5.75 Å². The van der Waals surface area contributed by atoms with Gasteiger partial charge in [-0.1, -0.05) is 18.5 Å². The minimum Gasteiger partial charge on any atom is -0.489 e. The second-order valence-corrected chi connectivity index (χ2v) is 8.53. The third-order valence-electron chi connectivity index (χ3n) is 5.31. The molecule has 0 aliphatic carbocycles. The average molecular weight is 477 g/mol. The van der Waals surface area contributed by atoms with E-state index in [1.165, 1.54) is 6.07 Å². The van der Waals surface area contributed by atoms with Crippen LogP contribution in [0.5, 0.6) is 5.75 Å². The maximum absolute atomic E-state index is 12.7. The van der Waals surface area contributed by atoms with Crippen molar-refractivity contribution in [3.63, 3.8) is 0 Å². The molecule has 10 heteroatoms. The minimum absolute atomic E-state index is 0.0308. The van der Waals surface area contributed by atoms with Gasteiger partial charge >= 0.3 is 12.1 Å². The molecule has 0 bridgehead atoms. The number of ether oxygens (including phenoxy) is 1. The van der Waals surface area contributed by atoms with E-state index in [2.05, 4.69) is 5.32 Å². The number of hydrogen-bond acceptors (Lipinski definition) is 4. The molecule has 0 saturated carbocycles. The first-order chi connectivity index (χ1) is 14.9. The van der Waals surface area contributed by atoms with Crippen LogP contribution in [0.1, 0.15) is 56.8 Å². The van der Waals surface area contributed by atoms with E-state index in [4.69, 9.17) is 16.3 Å². The van der Waals surface area contributed by atoms with Gasteiger partial charge in [-0.05, 0) is 57.2 Å². The van der Waals surface area contributed by atoms with Crippen molar-refractivity contribution < 1.29 is 32.3 Å². The molecule has 1 fully saturated rings. The predicted octanol–water partition coefficient (Wildman–Crippen LogP) is 4.40. The van der Waals surface area contributed by atoms with Gasteiger partial charge in [0.1, 0.15) is 5.75 Å². The van der Waals surface area contributed by atoms with Gasteiger partial charge in [-0.3, -0.25) is 14.4 Å². The molecule has 32 heavy (non-hydrogen) atoms. The summed E-state index contributed by atoms with van der Waals surface area (Å²) in [6, 6.07) is 3.82. The molecule has 178 valence electrons. The minimum atomic E-state index is -4.89. The van der Waals surface area contributed by atoms with Gasteiger partial charge in [-0.15, -0.1) is 0 Å². The SMILES string of the molecule is CCC(=O)C(CC1CCN(C(=O)C(F)(F)F)CC1)NC(=O)c1ccc(OC(C)C)c(Cl)c1. The maximum atomic E-state index is 12.7. The summed E-state index contributed by atoms with van der Waals surface area (Å²) < 4.78 is 43.4. The lowest BCUT2D eigenvalue weighted by Crippen LogP contribution is -2.47. The van der Waals surface area contributed by atoms with Gasteiger partial charge in [-0.2, -0.15) is 13.2 Å². The Bertz CT molecular complexity index is 837. The number of ketones is 1. The van der Waals surface area contributed by atoms with Crippen molar-refractivity contribution in [1.29, 1.82) is 0 Å². The highest BCUT2D eigenvalue weighted by Crippen LogP contribution is 2.28. The van der Waals surface area contributed by atoms with Crippen molar-refractivity contribution in [1.82, 2.24) is 10.2 Å². The number of likely N-dealkylation sites (tertiary alicyclic amines) is 1. The molecule has 6 nitrogen and oxygen atoms in total. The fourth-order valence-electron chi connectivity index (χ4n) is 3.63. The number of nitrogens with zero attached hydrogens (tertiary/aromatic N) is 1. The van der Waals surface area contributed by atoms with Gasteiger partial charge in [0.15, 0.2) is 5.78 Å². The monoisotopic (exact) mass is 476 g/mol. The molecule has 1 N–H and O–H groups in total. The number of rotatable bonds is 8. The number of nitrogens with one attached hydrogen (secondary N) is 1. The molecule has 2 rings (SSSR count). The fourth-order valence-corrected chi connectivity index (χ4v) is 3.86. The zero-order chi connectivity index (χ0) is 24.1. The lowest BCUT2D eigenvalue weighted by Gasteiger charge is -2.33. The van der Waals surface area contributed by atoms with Crippen LogP contribution in [0.15, 0.2) is 18.2 Å². The van der Waals surface area contributed by atoms with Crippen molar-refractivity contribution in [2.45, 2.75) is 64.8 Å². The molecule has 1 atom stereocenters. The molecule has 2 amide bonds. The number of hydrogen-bond donors (Lipinski definition) is 1. The van der Waals surface area contributed by atoms with E-state index in [9.17, 15) is 27.6 Å². The van der Waals surface area contributed by atoms with Crippen LogP contribution in [0.3, 0.4) is 0 Å². The molecule has 1 aliphatic heterocycles. The van der Waals surface area contributed by atoms with E-state index in [1.807, 2.05) is 13.8 Å². The molecule has 0 spiro atoms. The molecular formula is C22H28ClF3N2O4. The van der Waals surface area contributed by atoms with Crippen LogP contribution in [-0.2, 0) is 9.59 Å². The van der Waals surface area contributed by atoms with Crippen molar-refractivity contribution in [2.75, 3.05) is 13.1 Å². The smallest absolute Gasteiger partial charge is 0.471 e. The number of Topliss-reactive ketones (excluding diaryl/α,β-unsaturated/α-hetero) is 1. The van der Waals surface area contributed by atoms with E-state index in [0.717, 1.165) is 4.90 Å². The first-order valence-electron chi connectivity index (χ1n) is 10.6. The Kier molecular flexibility index (Phi) is 8.95. The number of piperidine rings is 1. The first-order valence-corrected chi connectivity index (χ1v) is 11.0. The van der Waals surface area contributed by atoms with Gasteiger partial charge in [0.25, 0.3) is 5.91 Å². The summed E-state index contributed by atoms with van der Waals surface area (Å²) in [5.74, 6) is -2.12. The van der Waals surface area contributed by atoms with E-state index in [0.29, 0.717) is 25.0 Å².